The van der Waals surface area contributed by atoms with E-state index in [1.54, 1.807) is 12.1 Å². The summed E-state index contributed by atoms with van der Waals surface area (Å²) in [6.45, 7) is 3.31. The highest BCUT2D eigenvalue weighted by Gasteiger charge is 2.39. The minimum atomic E-state index is -0.586. The molecule has 1 saturated heterocycles. The largest absolute Gasteiger partial charge is 0.381 e. The molecule has 1 aliphatic heterocycles. The van der Waals surface area contributed by atoms with Gasteiger partial charge in [0.05, 0.1) is 5.41 Å². The van der Waals surface area contributed by atoms with E-state index in [0.717, 1.165) is 18.4 Å². The van der Waals surface area contributed by atoms with Gasteiger partial charge in [0.1, 0.15) is 0 Å². The number of aryl methyl sites for hydroxylation is 1. The summed E-state index contributed by atoms with van der Waals surface area (Å²) in [5.41, 5.74) is 7.46. The van der Waals surface area contributed by atoms with E-state index >= 15 is 0 Å². The third-order valence-corrected chi connectivity index (χ3v) is 4.98. The van der Waals surface area contributed by atoms with Crippen LogP contribution in [0.4, 0.5) is 5.69 Å². The lowest BCUT2D eigenvalue weighted by molar-refractivity contribution is -0.130. The summed E-state index contributed by atoms with van der Waals surface area (Å²) in [7, 11) is 0. The van der Waals surface area contributed by atoms with Gasteiger partial charge in [0, 0.05) is 37.1 Å². The van der Waals surface area contributed by atoms with Gasteiger partial charge in [-0.2, -0.15) is 0 Å². The average Bonchev–Trinajstić information content (AvgIpc) is 3.41. The number of ether oxygens (including phenoxy) is 1. The minimum Gasteiger partial charge on any atom is -0.381 e. The number of amides is 2. The van der Waals surface area contributed by atoms with Gasteiger partial charge in [0.15, 0.2) is 0 Å². The van der Waals surface area contributed by atoms with Crippen LogP contribution in [0.1, 0.15) is 41.6 Å². The van der Waals surface area contributed by atoms with Crippen molar-refractivity contribution in [3.05, 3.63) is 29.3 Å². The second-order valence-corrected chi connectivity index (χ2v) is 6.83. The Morgan fingerprint density at radius 3 is 2.62 bits per heavy atom. The molecule has 4 N–H and O–H groups in total. The Labute approximate surface area is 142 Å². The van der Waals surface area contributed by atoms with Crippen molar-refractivity contribution in [2.75, 3.05) is 25.1 Å². The van der Waals surface area contributed by atoms with E-state index in [4.69, 9.17) is 10.5 Å². The number of hydrogen-bond acceptors (Lipinski definition) is 4. The summed E-state index contributed by atoms with van der Waals surface area (Å²) in [6.07, 6.45) is 3.33. The molecule has 3 rings (SSSR count). The molecule has 1 heterocycles. The van der Waals surface area contributed by atoms with Crippen LogP contribution in [-0.2, 0) is 9.53 Å². The molecule has 0 bridgehead atoms. The van der Waals surface area contributed by atoms with Crippen molar-refractivity contribution in [1.82, 2.24) is 5.32 Å². The fourth-order valence-electron chi connectivity index (χ4n) is 2.94. The summed E-state index contributed by atoms with van der Waals surface area (Å²) >= 11 is 0. The van der Waals surface area contributed by atoms with E-state index in [2.05, 4.69) is 10.6 Å². The topological polar surface area (TPSA) is 93.5 Å². The number of carbonyl (C=O) groups is 2. The first-order valence-electron chi connectivity index (χ1n) is 8.55. The zero-order chi connectivity index (χ0) is 17.2. The number of benzene rings is 1. The van der Waals surface area contributed by atoms with Crippen molar-refractivity contribution >= 4 is 17.5 Å². The van der Waals surface area contributed by atoms with Crippen LogP contribution < -0.4 is 16.4 Å². The molecule has 130 valence electrons. The number of hydrogen-bond donors (Lipinski definition) is 3. The number of rotatable bonds is 5. The fraction of sp³-hybridized carbons (Fsp3) is 0.556. The molecule has 0 atom stereocenters. The molecule has 2 fully saturated rings. The molecule has 1 saturated carbocycles. The molecule has 2 aliphatic rings. The second-order valence-electron chi connectivity index (χ2n) is 6.83. The van der Waals surface area contributed by atoms with Gasteiger partial charge in [0.2, 0.25) is 5.91 Å². The molecule has 6 heteroatoms. The number of nitrogens with one attached hydrogen (secondary N) is 2. The standard InChI is InChI=1S/C18H25N3O3/c1-12-2-3-13(16(22)20-14-4-5-14)10-15(12)21-17(23)18(11-19)6-8-24-9-7-18/h2-3,10,14H,4-9,11,19H2,1H3,(H,20,22)(H,21,23). The Hall–Kier alpha value is -1.92. The third kappa shape index (κ3) is 3.60. The van der Waals surface area contributed by atoms with Gasteiger partial charge in [-0.15, -0.1) is 0 Å². The highest BCUT2D eigenvalue weighted by atomic mass is 16.5. The maximum Gasteiger partial charge on any atom is 0.251 e. The maximum absolute atomic E-state index is 12.8. The normalized spacial score (nSPS) is 19.6. The van der Waals surface area contributed by atoms with E-state index < -0.39 is 5.41 Å². The molecular weight excluding hydrogens is 306 g/mol. The van der Waals surface area contributed by atoms with E-state index in [1.807, 2.05) is 13.0 Å². The highest BCUT2D eigenvalue weighted by Crippen LogP contribution is 2.31. The summed E-state index contributed by atoms with van der Waals surface area (Å²) < 4.78 is 5.36. The summed E-state index contributed by atoms with van der Waals surface area (Å²) in [5.74, 6) is -0.177. The zero-order valence-electron chi connectivity index (χ0n) is 14.1. The van der Waals surface area contributed by atoms with Crippen LogP contribution in [0.25, 0.3) is 0 Å². The molecular formula is C18H25N3O3. The molecule has 0 unspecified atom stereocenters. The van der Waals surface area contributed by atoms with Crippen LogP contribution in [0.5, 0.6) is 0 Å². The van der Waals surface area contributed by atoms with Crippen LogP contribution in [0.2, 0.25) is 0 Å². The Morgan fingerprint density at radius 2 is 2.00 bits per heavy atom. The molecule has 0 spiro atoms. The van der Waals surface area contributed by atoms with Crippen molar-refractivity contribution < 1.29 is 14.3 Å². The first-order chi connectivity index (χ1) is 11.5. The van der Waals surface area contributed by atoms with E-state index in [0.29, 0.717) is 49.9 Å². The molecule has 0 radical (unpaired) electrons. The van der Waals surface area contributed by atoms with Gasteiger partial charge in [-0.3, -0.25) is 9.59 Å². The molecule has 2 amide bonds. The van der Waals surface area contributed by atoms with E-state index in [9.17, 15) is 9.59 Å². The van der Waals surface area contributed by atoms with E-state index in [-0.39, 0.29) is 11.8 Å². The van der Waals surface area contributed by atoms with Crippen LogP contribution in [0, 0.1) is 12.3 Å². The van der Waals surface area contributed by atoms with Gasteiger partial charge in [-0.1, -0.05) is 6.07 Å². The SMILES string of the molecule is Cc1ccc(C(=O)NC2CC2)cc1NC(=O)C1(CN)CCOCC1. The Morgan fingerprint density at radius 1 is 1.29 bits per heavy atom. The van der Waals surface area contributed by atoms with Crippen LogP contribution >= 0.6 is 0 Å². The number of nitrogens with two attached hydrogens (primary N) is 1. The van der Waals surface area contributed by atoms with Crippen LogP contribution in [0.3, 0.4) is 0 Å². The monoisotopic (exact) mass is 331 g/mol. The quantitative estimate of drug-likeness (QED) is 0.764. The second kappa shape index (κ2) is 6.91. The van der Waals surface area contributed by atoms with Gasteiger partial charge < -0.3 is 21.1 Å². The zero-order valence-corrected chi connectivity index (χ0v) is 14.1. The molecule has 0 aromatic heterocycles. The summed E-state index contributed by atoms with van der Waals surface area (Å²) in [5, 5.41) is 5.95. The molecule has 1 aromatic rings. The molecule has 1 aromatic carbocycles. The van der Waals surface area contributed by atoms with Gasteiger partial charge >= 0.3 is 0 Å². The Bertz CT molecular complexity index is 634. The number of anilines is 1. The fourth-order valence-corrected chi connectivity index (χ4v) is 2.94. The lowest BCUT2D eigenvalue weighted by Crippen LogP contribution is -2.46. The lowest BCUT2D eigenvalue weighted by atomic mass is 9.79. The molecule has 6 nitrogen and oxygen atoms in total. The van der Waals surface area contributed by atoms with Gasteiger partial charge in [-0.05, 0) is 50.3 Å². The van der Waals surface area contributed by atoms with Gasteiger partial charge in [-0.25, -0.2) is 0 Å². The maximum atomic E-state index is 12.8. The van der Waals surface area contributed by atoms with Crippen LogP contribution in [0.15, 0.2) is 18.2 Å². The third-order valence-electron chi connectivity index (χ3n) is 4.98. The van der Waals surface area contributed by atoms with Crippen LogP contribution in [-0.4, -0.2) is 37.6 Å². The van der Waals surface area contributed by atoms with Gasteiger partial charge in [0.25, 0.3) is 5.91 Å². The summed E-state index contributed by atoms with van der Waals surface area (Å²) in [6, 6.07) is 5.69. The predicted molar refractivity (Wildman–Crippen MR) is 91.8 cm³/mol. The van der Waals surface area contributed by atoms with Crippen molar-refractivity contribution in [2.24, 2.45) is 11.1 Å². The Kier molecular flexibility index (Phi) is 4.87. The van der Waals surface area contributed by atoms with Crippen molar-refractivity contribution in [3.8, 4) is 0 Å². The van der Waals surface area contributed by atoms with Crippen molar-refractivity contribution in [3.63, 3.8) is 0 Å². The molecule has 24 heavy (non-hydrogen) atoms. The predicted octanol–water partition coefficient (Wildman–Crippen LogP) is 1.58. The minimum absolute atomic E-state index is 0.0869. The van der Waals surface area contributed by atoms with Crippen molar-refractivity contribution in [2.45, 2.75) is 38.6 Å². The van der Waals surface area contributed by atoms with E-state index in [1.165, 1.54) is 0 Å². The Balaban J connectivity index is 1.75. The lowest BCUT2D eigenvalue weighted by Gasteiger charge is -2.34. The smallest absolute Gasteiger partial charge is 0.251 e. The summed E-state index contributed by atoms with van der Waals surface area (Å²) in [4.78, 5) is 25.0. The highest BCUT2D eigenvalue weighted by molar-refractivity contribution is 5.99. The first-order valence-corrected chi connectivity index (χ1v) is 8.55. The first kappa shape index (κ1) is 16.9. The molecule has 1 aliphatic carbocycles. The van der Waals surface area contributed by atoms with Crippen molar-refractivity contribution in [1.29, 1.82) is 0 Å². The number of carbonyl (C=O) groups excluding carboxylic acids is 2. The average molecular weight is 331 g/mol.